The summed E-state index contributed by atoms with van der Waals surface area (Å²) in [4.78, 5) is 25.3. The first kappa shape index (κ1) is 20.9. The van der Waals surface area contributed by atoms with Crippen molar-refractivity contribution in [2.75, 3.05) is 31.9 Å². The second-order valence-corrected chi connectivity index (χ2v) is 9.23. The molecule has 0 aromatic carbocycles. The number of ether oxygens (including phenoxy) is 1. The van der Waals surface area contributed by atoms with Crippen LogP contribution in [0, 0.1) is 0 Å². The number of hydrogen-bond donors (Lipinski definition) is 1. The minimum absolute atomic E-state index is 0.246. The highest BCUT2D eigenvalue weighted by Gasteiger charge is 2.27. The number of hydrogen-bond acceptors (Lipinski definition) is 6. The van der Waals surface area contributed by atoms with Crippen LogP contribution in [0.4, 0.5) is 10.6 Å². The lowest BCUT2D eigenvalue weighted by atomic mass is 10.2. The predicted octanol–water partition coefficient (Wildman–Crippen LogP) is 3.25. The zero-order valence-corrected chi connectivity index (χ0v) is 18.8. The Kier molecular flexibility index (Phi) is 5.86. The summed E-state index contributed by atoms with van der Waals surface area (Å²) in [6.07, 6.45) is 1.58. The Morgan fingerprint density at radius 1 is 1.29 bits per heavy atom. The second kappa shape index (κ2) is 7.87. The van der Waals surface area contributed by atoms with E-state index < -0.39 is 5.60 Å². The average molecular weight is 453 g/mol. The number of rotatable bonds is 3. The van der Waals surface area contributed by atoms with Gasteiger partial charge in [-0.25, -0.2) is 14.8 Å². The van der Waals surface area contributed by atoms with E-state index >= 15 is 0 Å². The summed E-state index contributed by atoms with van der Waals surface area (Å²) in [5.41, 5.74) is 7.48. The minimum atomic E-state index is -0.475. The van der Waals surface area contributed by atoms with Crippen molar-refractivity contribution in [3.8, 4) is 0 Å². The summed E-state index contributed by atoms with van der Waals surface area (Å²) in [7, 11) is 0. The lowest BCUT2D eigenvalue weighted by Gasteiger charge is -2.35. The van der Waals surface area contributed by atoms with Gasteiger partial charge in [0.1, 0.15) is 21.5 Å². The van der Waals surface area contributed by atoms with Gasteiger partial charge in [0.2, 0.25) is 0 Å². The Hall–Kier alpha value is -1.87. The Morgan fingerprint density at radius 2 is 1.93 bits per heavy atom. The molecule has 1 aliphatic rings. The largest absolute Gasteiger partial charge is 0.444 e. The van der Waals surface area contributed by atoms with Gasteiger partial charge in [-0.05, 0) is 36.7 Å². The van der Waals surface area contributed by atoms with Crippen LogP contribution < -0.4 is 5.73 Å². The van der Waals surface area contributed by atoms with Crippen molar-refractivity contribution < 1.29 is 9.53 Å². The van der Waals surface area contributed by atoms with Crippen LogP contribution in [-0.2, 0) is 11.3 Å². The number of halogens is 1. The normalized spacial score (nSPS) is 16.2. The van der Waals surface area contributed by atoms with Crippen LogP contribution in [0.2, 0.25) is 0 Å². The van der Waals surface area contributed by atoms with Gasteiger partial charge in [-0.1, -0.05) is 13.8 Å². The molecule has 9 heteroatoms. The van der Waals surface area contributed by atoms with Crippen LogP contribution in [0.15, 0.2) is 10.8 Å². The van der Waals surface area contributed by atoms with E-state index in [4.69, 9.17) is 10.5 Å². The zero-order chi connectivity index (χ0) is 20.6. The van der Waals surface area contributed by atoms with Crippen molar-refractivity contribution >= 4 is 33.4 Å². The van der Waals surface area contributed by atoms with Crippen LogP contribution in [0.3, 0.4) is 0 Å². The quantitative estimate of drug-likeness (QED) is 0.768. The summed E-state index contributed by atoms with van der Waals surface area (Å²) >= 11 is 3.52. The molecule has 28 heavy (non-hydrogen) atoms. The van der Waals surface area contributed by atoms with Crippen molar-refractivity contribution in [3.05, 3.63) is 22.3 Å². The van der Waals surface area contributed by atoms with Crippen molar-refractivity contribution in [1.29, 1.82) is 0 Å². The number of carbonyl (C=O) groups excluding carboxylic acids is 1. The summed E-state index contributed by atoms with van der Waals surface area (Å²) in [6.45, 7) is 13.4. The molecule has 1 saturated heterocycles. The van der Waals surface area contributed by atoms with Crippen LogP contribution >= 0.6 is 15.9 Å². The highest BCUT2D eigenvalue weighted by Crippen LogP contribution is 2.28. The van der Waals surface area contributed by atoms with Gasteiger partial charge in [0.05, 0.1) is 11.9 Å². The Balaban J connectivity index is 1.75. The fourth-order valence-corrected chi connectivity index (χ4v) is 3.89. The standard InChI is InChI=1S/C19H29BrN6O2/c1-12(2)17-23-15(20)14-16(21)22-10-13(26(14)17)11-24-6-8-25(9-7-24)18(27)28-19(3,4)5/h10,12H,6-9,11H2,1-5H3,(H2,21,22). The lowest BCUT2D eigenvalue weighted by molar-refractivity contribution is 0.0138. The van der Waals surface area contributed by atoms with Crippen molar-refractivity contribution in [2.45, 2.75) is 52.7 Å². The van der Waals surface area contributed by atoms with Gasteiger partial charge < -0.3 is 15.4 Å². The lowest BCUT2D eigenvalue weighted by Crippen LogP contribution is -2.49. The molecule has 1 aliphatic heterocycles. The molecule has 2 aromatic rings. The Morgan fingerprint density at radius 3 is 2.50 bits per heavy atom. The average Bonchev–Trinajstić information content (AvgIpc) is 2.95. The highest BCUT2D eigenvalue weighted by molar-refractivity contribution is 9.10. The first-order valence-electron chi connectivity index (χ1n) is 9.58. The summed E-state index contributed by atoms with van der Waals surface area (Å²) in [5.74, 6) is 1.67. The molecule has 1 amide bonds. The summed E-state index contributed by atoms with van der Waals surface area (Å²) in [5, 5.41) is 0. The maximum atomic E-state index is 12.3. The molecule has 0 spiro atoms. The number of anilines is 1. The van der Waals surface area contributed by atoms with Crippen LogP contribution in [0.25, 0.3) is 5.52 Å². The molecule has 0 radical (unpaired) electrons. The zero-order valence-electron chi connectivity index (χ0n) is 17.2. The molecule has 1 fully saturated rings. The number of nitrogens with zero attached hydrogens (tertiary/aromatic N) is 5. The first-order valence-corrected chi connectivity index (χ1v) is 10.4. The van der Waals surface area contributed by atoms with E-state index in [0.29, 0.717) is 25.5 Å². The third kappa shape index (κ3) is 4.41. The monoisotopic (exact) mass is 452 g/mol. The van der Waals surface area contributed by atoms with E-state index in [1.165, 1.54) is 0 Å². The molecule has 154 valence electrons. The van der Waals surface area contributed by atoms with Gasteiger partial charge in [-0.2, -0.15) is 0 Å². The van der Waals surface area contributed by atoms with E-state index in [-0.39, 0.29) is 12.0 Å². The Labute approximate surface area is 174 Å². The van der Waals surface area contributed by atoms with E-state index in [1.54, 1.807) is 4.90 Å². The van der Waals surface area contributed by atoms with Crippen LogP contribution in [-0.4, -0.2) is 62.0 Å². The fourth-order valence-electron chi connectivity index (χ4n) is 3.33. The van der Waals surface area contributed by atoms with E-state index in [9.17, 15) is 4.79 Å². The van der Waals surface area contributed by atoms with E-state index in [2.05, 4.69) is 49.0 Å². The van der Waals surface area contributed by atoms with Gasteiger partial charge in [-0.3, -0.25) is 9.30 Å². The molecule has 0 atom stereocenters. The molecule has 0 unspecified atom stereocenters. The number of carbonyl (C=O) groups is 1. The predicted molar refractivity (Wildman–Crippen MR) is 112 cm³/mol. The second-order valence-electron chi connectivity index (χ2n) is 8.48. The van der Waals surface area contributed by atoms with Crippen molar-refractivity contribution in [1.82, 2.24) is 24.2 Å². The van der Waals surface area contributed by atoms with Gasteiger partial charge in [-0.15, -0.1) is 0 Å². The topological polar surface area (TPSA) is 89.0 Å². The molecule has 2 N–H and O–H groups in total. The highest BCUT2D eigenvalue weighted by atomic mass is 79.9. The molecular weight excluding hydrogens is 424 g/mol. The molecule has 0 saturated carbocycles. The van der Waals surface area contributed by atoms with E-state index in [0.717, 1.165) is 34.7 Å². The molecular formula is C19H29BrN6O2. The van der Waals surface area contributed by atoms with Crippen molar-refractivity contribution in [2.24, 2.45) is 0 Å². The van der Waals surface area contributed by atoms with Crippen molar-refractivity contribution in [3.63, 3.8) is 0 Å². The van der Waals surface area contributed by atoms with E-state index in [1.807, 2.05) is 27.0 Å². The van der Waals surface area contributed by atoms with Crippen LogP contribution in [0.5, 0.6) is 0 Å². The molecule has 0 aliphatic carbocycles. The number of nitrogen functional groups attached to an aromatic ring is 1. The van der Waals surface area contributed by atoms with Gasteiger partial charge in [0.25, 0.3) is 0 Å². The molecule has 8 nitrogen and oxygen atoms in total. The van der Waals surface area contributed by atoms with Gasteiger partial charge in [0.15, 0.2) is 5.82 Å². The molecule has 0 bridgehead atoms. The first-order chi connectivity index (χ1) is 13.1. The van der Waals surface area contributed by atoms with Gasteiger partial charge >= 0.3 is 6.09 Å². The number of fused-ring (bicyclic) bond motifs is 1. The number of amides is 1. The minimum Gasteiger partial charge on any atom is -0.444 e. The Bertz CT molecular complexity index is 865. The number of piperazine rings is 1. The molecule has 3 heterocycles. The van der Waals surface area contributed by atoms with Gasteiger partial charge in [0, 0.05) is 38.6 Å². The molecule has 3 rings (SSSR count). The summed E-state index contributed by atoms with van der Waals surface area (Å²) < 4.78 is 8.30. The summed E-state index contributed by atoms with van der Waals surface area (Å²) in [6, 6.07) is 0. The molecule has 2 aromatic heterocycles. The number of aromatic nitrogens is 3. The number of nitrogens with two attached hydrogens (primary N) is 1. The fraction of sp³-hybridized carbons (Fsp3) is 0.632. The SMILES string of the molecule is CC(C)c1nc(Br)c2c(N)ncc(CN3CCN(C(=O)OC(C)(C)C)CC3)n12. The third-order valence-corrected chi connectivity index (χ3v) is 5.22. The smallest absolute Gasteiger partial charge is 0.410 e. The van der Waals surface area contributed by atoms with Crippen LogP contribution in [0.1, 0.15) is 52.1 Å². The maximum absolute atomic E-state index is 12.3. The maximum Gasteiger partial charge on any atom is 0.410 e. The third-order valence-electron chi connectivity index (χ3n) is 4.67. The number of imidazole rings is 1.